The van der Waals surface area contributed by atoms with Crippen molar-refractivity contribution in [1.29, 1.82) is 0 Å². The highest BCUT2D eigenvalue weighted by molar-refractivity contribution is 7.93. The van der Waals surface area contributed by atoms with Gasteiger partial charge in [-0.15, -0.1) is 0 Å². The lowest BCUT2D eigenvalue weighted by atomic mass is 10.2. The third kappa shape index (κ3) is 4.44. The summed E-state index contributed by atoms with van der Waals surface area (Å²) in [6.07, 6.45) is 0. The number of nitrogens with zero attached hydrogens (tertiary/aromatic N) is 2. The third-order valence-corrected chi connectivity index (χ3v) is 6.65. The van der Waals surface area contributed by atoms with E-state index in [0.29, 0.717) is 0 Å². The molecule has 3 aromatic rings. The number of nitrogens with one attached hydrogen (secondary N) is 1. The van der Waals surface area contributed by atoms with E-state index in [1.165, 1.54) is 55.6 Å². The maximum atomic E-state index is 13.1. The van der Waals surface area contributed by atoms with Crippen molar-refractivity contribution in [2.45, 2.75) is 4.90 Å². The molecule has 3 aromatic carbocycles. The van der Waals surface area contributed by atoms with E-state index in [9.17, 15) is 28.4 Å². The molecule has 0 aliphatic rings. The number of sulfonamides is 1. The Hall–Kier alpha value is -3.63. The van der Waals surface area contributed by atoms with Crippen molar-refractivity contribution in [3.8, 4) is 5.75 Å². The zero-order valence-corrected chi connectivity index (χ0v) is 17.6. The molecule has 0 aliphatic carbocycles. The molecule has 0 atom stereocenters. The highest BCUT2D eigenvalue weighted by Gasteiger charge is 2.27. The number of halogens is 1. The van der Waals surface area contributed by atoms with E-state index < -0.39 is 20.9 Å². The lowest BCUT2D eigenvalue weighted by molar-refractivity contribution is -0.383. The summed E-state index contributed by atoms with van der Waals surface area (Å²) in [6, 6.07) is 15.0. The van der Waals surface area contributed by atoms with Crippen LogP contribution in [0.25, 0.3) is 0 Å². The van der Waals surface area contributed by atoms with E-state index in [-0.39, 0.29) is 38.3 Å². The number of hydrogen-bond donors (Lipinski definition) is 2. The molecule has 0 unspecified atom stereocenters. The summed E-state index contributed by atoms with van der Waals surface area (Å²) in [4.78, 5) is 22.8. The van der Waals surface area contributed by atoms with Gasteiger partial charge in [0, 0.05) is 18.7 Å². The number of benzene rings is 3. The number of carbonyl (C=O) groups is 1. The van der Waals surface area contributed by atoms with Gasteiger partial charge in [-0.25, -0.2) is 8.42 Å². The summed E-state index contributed by atoms with van der Waals surface area (Å²) in [6.45, 7) is 0. The number of nitro benzene ring substituents is 1. The average molecular weight is 462 g/mol. The SMILES string of the molecule is CN(c1ccccc1O)S(=O)(=O)c1cc(C(=O)Nc2ccccc2[N+](=O)[O-])ccc1Cl. The number of phenolic OH excluding ortho intramolecular Hbond substituents is 1. The number of aromatic hydroxyl groups is 1. The molecular weight excluding hydrogens is 446 g/mol. The highest BCUT2D eigenvalue weighted by atomic mass is 35.5. The summed E-state index contributed by atoms with van der Waals surface area (Å²) in [5.74, 6) is -1.01. The molecule has 31 heavy (non-hydrogen) atoms. The molecule has 0 heterocycles. The molecule has 0 saturated heterocycles. The molecule has 0 aromatic heterocycles. The fourth-order valence-corrected chi connectivity index (χ4v) is 4.49. The number of hydrogen-bond acceptors (Lipinski definition) is 6. The summed E-state index contributed by atoms with van der Waals surface area (Å²) >= 11 is 6.09. The van der Waals surface area contributed by atoms with Crippen LogP contribution in [0.2, 0.25) is 5.02 Å². The smallest absolute Gasteiger partial charge is 0.292 e. The van der Waals surface area contributed by atoms with E-state index in [4.69, 9.17) is 11.6 Å². The van der Waals surface area contributed by atoms with Crippen LogP contribution in [0, 0.1) is 10.1 Å². The largest absolute Gasteiger partial charge is 0.506 e. The maximum Gasteiger partial charge on any atom is 0.292 e. The first kappa shape index (κ1) is 22.1. The molecule has 160 valence electrons. The Morgan fingerprint density at radius 2 is 1.74 bits per heavy atom. The maximum absolute atomic E-state index is 13.1. The molecule has 0 fully saturated rings. The second kappa shape index (κ2) is 8.62. The van der Waals surface area contributed by atoms with Gasteiger partial charge in [0.2, 0.25) is 0 Å². The van der Waals surface area contributed by atoms with Gasteiger partial charge in [-0.05, 0) is 36.4 Å². The van der Waals surface area contributed by atoms with Crippen molar-refractivity contribution in [2.75, 3.05) is 16.7 Å². The Bertz CT molecular complexity index is 1280. The highest BCUT2D eigenvalue weighted by Crippen LogP contribution is 2.33. The van der Waals surface area contributed by atoms with Crippen molar-refractivity contribution >= 4 is 44.6 Å². The monoisotopic (exact) mass is 461 g/mol. The molecule has 11 heteroatoms. The second-order valence-electron chi connectivity index (χ2n) is 6.33. The number of amides is 1. The van der Waals surface area contributed by atoms with Crippen LogP contribution in [-0.4, -0.2) is 31.4 Å². The van der Waals surface area contributed by atoms with Gasteiger partial charge in [-0.3, -0.25) is 19.2 Å². The van der Waals surface area contributed by atoms with E-state index in [1.54, 1.807) is 12.1 Å². The predicted octanol–water partition coefficient (Wildman–Crippen LogP) is 4.03. The van der Waals surface area contributed by atoms with Gasteiger partial charge in [-0.1, -0.05) is 35.9 Å². The van der Waals surface area contributed by atoms with Gasteiger partial charge >= 0.3 is 0 Å². The number of phenols is 1. The van der Waals surface area contributed by atoms with Crippen LogP contribution < -0.4 is 9.62 Å². The quantitative estimate of drug-likeness (QED) is 0.421. The van der Waals surface area contributed by atoms with E-state index in [1.807, 2.05) is 0 Å². The van der Waals surface area contributed by atoms with Crippen molar-refractivity contribution in [1.82, 2.24) is 0 Å². The fourth-order valence-electron chi connectivity index (χ4n) is 2.78. The molecule has 9 nitrogen and oxygen atoms in total. The van der Waals surface area contributed by atoms with Gasteiger partial charge < -0.3 is 10.4 Å². The lowest BCUT2D eigenvalue weighted by Gasteiger charge is -2.21. The van der Waals surface area contributed by atoms with Crippen LogP contribution in [0.5, 0.6) is 5.75 Å². The fraction of sp³-hybridized carbons (Fsp3) is 0.0500. The molecule has 0 bridgehead atoms. The molecular formula is C20H16ClN3O6S. The Morgan fingerprint density at radius 1 is 1.10 bits per heavy atom. The van der Waals surface area contributed by atoms with Crippen molar-refractivity contribution < 1.29 is 23.2 Å². The van der Waals surface area contributed by atoms with Gasteiger partial charge in [0.1, 0.15) is 16.3 Å². The predicted molar refractivity (Wildman–Crippen MR) is 116 cm³/mol. The van der Waals surface area contributed by atoms with Crippen LogP contribution >= 0.6 is 11.6 Å². The Labute approximate surface area is 182 Å². The van der Waals surface area contributed by atoms with Crippen molar-refractivity contribution in [3.63, 3.8) is 0 Å². The lowest BCUT2D eigenvalue weighted by Crippen LogP contribution is -2.27. The topological polar surface area (TPSA) is 130 Å². The molecule has 3 rings (SSSR count). The number of nitro groups is 1. The van der Waals surface area contributed by atoms with Crippen LogP contribution in [0.15, 0.2) is 71.6 Å². The average Bonchev–Trinajstić information content (AvgIpc) is 2.74. The molecule has 2 N–H and O–H groups in total. The first-order chi connectivity index (χ1) is 14.6. The molecule has 0 spiro atoms. The minimum absolute atomic E-state index is 0.0216. The summed E-state index contributed by atoms with van der Waals surface area (Å²) in [5, 5.41) is 23.4. The first-order valence-corrected chi connectivity index (χ1v) is 10.6. The third-order valence-electron chi connectivity index (χ3n) is 4.40. The Balaban J connectivity index is 1.98. The van der Waals surface area contributed by atoms with Crippen LogP contribution in [-0.2, 0) is 10.0 Å². The Morgan fingerprint density at radius 3 is 2.42 bits per heavy atom. The number of anilines is 2. The minimum Gasteiger partial charge on any atom is -0.506 e. The molecule has 1 amide bonds. The van der Waals surface area contributed by atoms with Gasteiger partial charge in [-0.2, -0.15) is 0 Å². The molecule has 0 aliphatic heterocycles. The summed E-state index contributed by atoms with van der Waals surface area (Å²) in [7, 11) is -3.01. The second-order valence-corrected chi connectivity index (χ2v) is 8.68. The number of carbonyl (C=O) groups excluding carboxylic acids is 1. The van der Waals surface area contributed by atoms with Crippen LogP contribution in [0.4, 0.5) is 17.1 Å². The standard InChI is InChI=1S/C20H16ClN3O6S/c1-23(17-8-4-5-9-18(17)25)31(29,30)19-12-13(10-11-14(19)21)20(26)22-15-6-2-3-7-16(15)24(27)28/h2-12,25H,1H3,(H,22,26). The summed E-state index contributed by atoms with van der Waals surface area (Å²) in [5.41, 5.74) is -0.403. The number of rotatable bonds is 6. The minimum atomic E-state index is -4.24. The van der Waals surface area contributed by atoms with Crippen molar-refractivity contribution in [2.24, 2.45) is 0 Å². The van der Waals surface area contributed by atoms with E-state index in [0.717, 1.165) is 10.4 Å². The van der Waals surface area contributed by atoms with Gasteiger partial charge in [0.15, 0.2) is 0 Å². The number of para-hydroxylation sites is 4. The zero-order chi connectivity index (χ0) is 22.8. The van der Waals surface area contributed by atoms with Crippen LogP contribution in [0.3, 0.4) is 0 Å². The van der Waals surface area contributed by atoms with E-state index >= 15 is 0 Å². The zero-order valence-electron chi connectivity index (χ0n) is 16.0. The molecule has 0 radical (unpaired) electrons. The van der Waals surface area contributed by atoms with Gasteiger partial charge in [0.25, 0.3) is 21.6 Å². The van der Waals surface area contributed by atoms with Crippen molar-refractivity contribution in [3.05, 3.63) is 87.4 Å². The molecule has 0 saturated carbocycles. The normalized spacial score (nSPS) is 11.0. The Kier molecular flexibility index (Phi) is 6.14. The first-order valence-electron chi connectivity index (χ1n) is 8.74. The van der Waals surface area contributed by atoms with Crippen LogP contribution in [0.1, 0.15) is 10.4 Å². The van der Waals surface area contributed by atoms with E-state index in [2.05, 4.69) is 5.32 Å². The van der Waals surface area contributed by atoms with Gasteiger partial charge in [0.05, 0.1) is 15.6 Å². The summed E-state index contributed by atoms with van der Waals surface area (Å²) < 4.78 is 27.0.